The largest absolute Gasteiger partial charge is 0.387 e. The summed E-state index contributed by atoms with van der Waals surface area (Å²) in [5, 5.41) is 5.63. The van der Waals surface area contributed by atoms with Crippen molar-refractivity contribution in [2.45, 2.75) is 19.8 Å². The summed E-state index contributed by atoms with van der Waals surface area (Å²) in [6, 6.07) is 4.73. The third-order valence-corrected chi connectivity index (χ3v) is 4.21. The Morgan fingerprint density at radius 3 is 2.70 bits per heavy atom. The van der Waals surface area contributed by atoms with Gasteiger partial charge in [-0.2, -0.15) is 0 Å². The fraction of sp³-hybridized carbons (Fsp3) is 0.389. The Morgan fingerprint density at radius 1 is 1.41 bits per heavy atom. The van der Waals surface area contributed by atoms with E-state index < -0.39 is 0 Å². The third kappa shape index (κ3) is 6.61. The highest BCUT2D eigenvalue weighted by atomic mass is 32.1. The molecule has 146 valence electrons. The maximum atomic E-state index is 14.3. The van der Waals surface area contributed by atoms with Gasteiger partial charge in [-0.3, -0.25) is 5.32 Å². The number of nitrogens with two attached hydrogens (primary N) is 2. The highest BCUT2D eigenvalue weighted by molar-refractivity contribution is 7.80. The molecule has 1 heterocycles. The molecule has 7 nitrogen and oxygen atoms in total. The Hall–Kier alpha value is -2.52. The first-order valence-electron chi connectivity index (χ1n) is 8.72. The fourth-order valence-electron chi connectivity index (χ4n) is 2.69. The quantitative estimate of drug-likeness (QED) is 0.356. The van der Waals surface area contributed by atoms with Gasteiger partial charge in [0.25, 0.3) is 0 Å². The number of amidine groups is 1. The number of piperidine rings is 1. The zero-order valence-corrected chi connectivity index (χ0v) is 16.1. The second-order valence-corrected chi connectivity index (χ2v) is 6.62. The summed E-state index contributed by atoms with van der Waals surface area (Å²) in [5.41, 5.74) is 13.2. The normalized spacial score (nSPS) is 14.7. The van der Waals surface area contributed by atoms with Crippen LogP contribution in [0.5, 0.6) is 0 Å². The molecule has 0 aliphatic carbocycles. The Bertz CT molecular complexity index is 750. The minimum atomic E-state index is -0.300. The number of rotatable bonds is 4. The predicted octanol–water partition coefficient (Wildman–Crippen LogP) is 2.05. The Labute approximate surface area is 163 Å². The van der Waals surface area contributed by atoms with Crippen LogP contribution in [0.25, 0.3) is 6.08 Å². The molecule has 0 aromatic heterocycles. The lowest BCUT2D eigenvalue weighted by Crippen LogP contribution is -2.44. The summed E-state index contributed by atoms with van der Waals surface area (Å²) in [6.45, 7) is 3.74. The van der Waals surface area contributed by atoms with Crippen LogP contribution in [0.3, 0.4) is 0 Å². The number of nitrogens with one attached hydrogen (secondary N) is 2. The number of carbonyl (C=O) groups excluding carboxylic acids is 1. The highest BCUT2D eigenvalue weighted by Gasteiger charge is 2.20. The van der Waals surface area contributed by atoms with Crippen molar-refractivity contribution in [3.63, 3.8) is 0 Å². The number of urea groups is 1. The van der Waals surface area contributed by atoms with Gasteiger partial charge in [-0.1, -0.05) is 11.6 Å². The van der Waals surface area contributed by atoms with Crippen molar-refractivity contribution < 1.29 is 9.18 Å². The number of halogens is 1. The van der Waals surface area contributed by atoms with Gasteiger partial charge in [0.15, 0.2) is 0 Å². The van der Waals surface area contributed by atoms with Gasteiger partial charge < -0.3 is 21.7 Å². The number of carbonyl (C=O) groups is 1. The van der Waals surface area contributed by atoms with E-state index in [1.165, 1.54) is 6.07 Å². The van der Waals surface area contributed by atoms with Crippen LogP contribution in [0, 0.1) is 5.82 Å². The number of thiocarbonyl (C=S) groups is 1. The van der Waals surface area contributed by atoms with Crippen molar-refractivity contribution in [1.29, 1.82) is 0 Å². The summed E-state index contributed by atoms with van der Waals surface area (Å²) in [6.07, 6.45) is 3.20. The lowest BCUT2D eigenvalue weighted by atomic mass is 10.0. The molecule has 0 bridgehead atoms. The molecule has 1 aliphatic rings. The first kappa shape index (κ1) is 20.8. The van der Waals surface area contributed by atoms with E-state index in [0.29, 0.717) is 50.3 Å². The maximum Gasteiger partial charge on any atom is 0.323 e. The van der Waals surface area contributed by atoms with E-state index in [9.17, 15) is 9.18 Å². The van der Waals surface area contributed by atoms with Crippen molar-refractivity contribution in [1.82, 2.24) is 10.2 Å². The molecule has 1 aromatic carbocycles. The Kier molecular flexibility index (Phi) is 7.68. The lowest BCUT2D eigenvalue weighted by Gasteiger charge is -2.28. The molecule has 0 atom stereocenters. The predicted molar refractivity (Wildman–Crippen MR) is 111 cm³/mol. The van der Waals surface area contributed by atoms with Gasteiger partial charge in [-0.25, -0.2) is 14.2 Å². The smallest absolute Gasteiger partial charge is 0.323 e. The van der Waals surface area contributed by atoms with E-state index in [-0.39, 0.29) is 22.8 Å². The van der Waals surface area contributed by atoms with Crippen molar-refractivity contribution >= 4 is 41.0 Å². The standard InChI is InChI=1S/C18H25FN6OS/c1-12(21)23-17(27)24-18(26)25-8-4-13(5-9-25)10-14-2-3-15(11-16(14)19)22-7-6-20/h2-3,10-11,22H,4-9,20H2,1H3,(H3,21,23,24,26,27). The summed E-state index contributed by atoms with van der Waals surface area (Å²) in [5.74, 6) is 0.000458. The van der Waals surface area contributed by atoms with Crippen molar-refractivity contribution in [3.05, 3.63) is 35.2 Å². The topological polar surface area (TPSA) is 109 Å². The third-order valence-electron chi connectivity index (χ3n) is 4.02. The molecule has 0 radical (unpaired) electrons. The first-order chi connectivity index (χ1) is 12.9. The average Bonchev–Trinajstić information content (AvgIpc) is 2.61. The molecule has 0 spiro atoms. The van der Waals surface area contributed by atoms with Crippen LogP contribution in [0.2, 0.25) is 0 Å². The van der Waals surface area contributed by atoms with E-state index in [1.807, 2.05) is 12.1 Å². The van der Waals surface area contributed by atoms with Crippen molar-refractivity contribution in [2.75, 3.05) is 31.5 Å². The molecule has 2 amide bonds. The van der Waals surface area contributed by atoms with Crippen molar-refractivity contribution in [2.24, 2.45) is 16.5 Å². The van der Waals surface area contributed by atoms with E-state index in [0.717, 1.165) is 5.57 Å². The fourth-order valence-corrected chi connectivity index (χ4v) is 2.92. The summed E-state index contributed by atoms with van der Waals surface area (Å²) in [7, 11) is 0. The number of benzene rings is 1. The first-order valence-corrected chi connectivity index (χ1v) is 9.13. The van der Waals surface area contributed by atoms with Crippen molar-refractivity contribution in [3.8, 4) is 0 Å². The van der Waals surface area contributed by atoms with Crippen LogP contribution in [-0.2, 0) is 0 Å². The zero-order valence-electron chi connectivity index (χ0n) is 15.3. The van der Waals surface area contributed by atoms with Gasteiger partial charge in [-0.15, -0.1) is 0 Å². The highest BCUT2D eigenvalue weighted by Crippen LogP contribution is 2.22. The molecule has 9 heteroatoms. The molecular formula is C18H25FN6OS. The number of hydrogen-bond acceptors (Lipinski definition) is 4. The van der Waals surface area contributed by atoms with E-state index in [1.54, 1.807) is 17.9 Å². The molecule has 1 saturated heterocycles. The zero-order chi connectivity index (χ0) is 19.8. The molecule has 0 saturated carbocycles. The summed E-state index contributed by atoms with van der Waals surface area (Å²) >= 11 is 4.95. The number of hydrogen-bond donors (Lipinski definition) is 4. The molecule has 2 rings (SSSR count). The van der Waals surface area contributed by atoms with Crippen LogP contribution in [0.15, 0.2) is 28.8 Å². The maximum absolute atomic E-state index is 14.3. The molecule has 1 aromatic rings. The molecule has 1 aliphatic heterocycles. The lowest BCUT2D eigenvalue weighted by molar-refractivity contribution is 0.199. The van der Waals surface area contributed by atoms with Crippen LogP contribution < -0.4 is 22.1 Å². The van der Waals surface area contributed by atoms with Gasteiger partial charge in [0.1, 0.15) is 5.82 Å². The number of nitrogens with zero attached hydrogens (tertiary/aromatic N) is 2. The molecule has 27 heavy (non-hydrogen) atoms. The van der Waals surface area contributed by atoms with Crippen LogP contribution in [0.1, 0.15) is 25.3 Å². The van der Waals surface area contributed by atoms with Crippen LogP contribution >= 0.6 is 12.2 Å². The van der Waals surface area contributed by atoms with E-state index in [4.69, 9.17) is 23.7 Å². The minimum Gasteiger partial charge on any atom is -0.387 e. The molecule has 6 N–H and O–H groups in total. The number of amides is 2. The number of aliphatic imine (C=N–C) groups is 1. The van der Waals surface area contributed by atoms with Gasteiger partial charge in [0, 0.05) is 37.4 Å². The van der Waals surface area contributed by atoms with E-state index in [2.05, 4.69) is 15.6 Å². The Balaban J connectivity index is 1.92. The van der Waals surface area contributed by atoms with Gasteiger partial charge in [0.05, 0.1) is 5.84 Å². The second-order valence-electron chi connectivity index (χ2n) is 6.23. The minimum absolute atomic E-state index is 0.0479. The average molecular weight is 393 g/mol. The molecular weight excluding hydrogens is 367 g/mol. The monoisotopic (exact) mass is 392 g/mol. The summed E-state index contributed by atoms with van der Waals surface area (Å²) in [4.78, 5) is 17.6. The number of likely N-dealkylation sites (tertiary alicyclic amines) is 1. The molecule has 1 fully saturated rings. The van der Waals surface area contributed by atoms with Gasteiger partial charge in [0.2, 0.25) is 5.11 Å². The second kappa shape index (κ2) is 9.98. The summed E-state index contributed by atoms with van der Waals surface area (Å²) < 4.78 is 14.3. The van der Waals surface area contributed by atoms with Crippen LogP contribution in [-0.4, -0.2) is 48.1 Å². The van der Waals surface area contributed by atoms with Gasteiger partial charge in [-0.05, 0) is 50.2 Å². The van der Waals surface area contributed by atoms with Gasteiger partial charge >= 0.3 is 6.03 Å². The SMILES string of the molecule is C/C(N)=N/C(=S)NC(=O)N1CCC(=Cc2ccc(NCCN)cc2F)CC1. The number of anilines is 1. The molecule has 0 unspecified atom stereocenters. The van der Waals surface area contributed by atoms with Crippen LogP contribution in [0.4, 0.5) is 14.9 Å². The van der Waals surface area contributed by atoms with E-state index >= 15 is 0 Å². The Morgan fingerprint density at radius 2 is 2.11 bits per heavy atom.